The van der Waals surface area contributed by atoms with E-state index in [0.717, 1.165) is 85.0 Å². The molecule has 49 heavy (non-hydrogen) atoms. The van der Waals surface area contributed by atoms with Crippen LogP contribution in [0.25, 0.3) is 11.1 Å². The Labute approximate surface area is 285 Å². The second kappa shape index (κ2) is 12.1. The van der Waals surface area contributed by atoms with Gasteiger partial charge < -0.3 is 4.90 Å². The smallest absolute Gasteiger partial charge is 0.0979 e. The highest BCUT2D eigenvalue weighted by Gasteiger charge is 2.28. The summed E-state index contributed by atoms with van der Waals surface area (Å²) < 4.78 is 0. The van der Waals surface area contributed by atoms with Crippen LogP contribution >= 0.6 is 0 Å². The minimum Gasteiger partial charge on any atom is -0.307 e. The van der Waals surface area contributed by atoms with Crippen LogP contribution in [0.15, 0.2) is 224 Å². The lowest BCUT2D eigenvalue weighted by molar-refractivity contribution is 1.19. The van der Waals surface area contributed by atoms with E-state index in [4.69, 9.17) is 20.0 Å². The average Bonchev–Trinajstić information content (AvgIpc) is 3.99. The van der Waals surface area contributed by atoms with E-state index in [1.165, 1.54) is 0 Å². The molecule has 8 bridgehead atoms. The van der Waals surface area contributed by atoms with Gasteiger partial charge >= 0.3 is 0 Å². The van der Waals surface area contributed by atoms with Crippen LogP contribution in [0.5, 0.6) is 0 Å². The summed E-state index contributed by atoms with van der Waals surface area (Å²) >= 11 is 0. The van der Waals surface area contributed by atoms with Crippen LogP contribution in [0.3, 0.4) is 0 Å². The van der Waals surface area contributed by atoms with Crippen LogP contribution < -0.4 is 4.90 Å². The molecule has 0 radical (unpaired) electrons. The molecule has 5 nitrogen and oxygen atoms in total. The van der Waals surface area contributed by atoms with E-state index in [2.05, 4.69) is 138 Å². The zero-order valence-electron chi connectivity index (χ0n) is 26.5. The lowest BCUT2D eigenvalue weighted by Gasteiger charge is -2.28. The zero-order valence-corrected chi connectivity index (χ0v) is 26.5. The quantitative estimate of drug-likeness (QED) is 0.217. The number of anilines is 2. The van der Waals surface area contributed by atoms with Crippen LogP contribution in [0.1, 0.15) is 11.1 Å². The highest BCUT2D eigenvalue weighted by molar-refractivity contribution is 6.34. The zero-order chi connectivity index (χ0) is 32.6. The van der Waals surface area contributed by atoms with Crippen molar-refractivity contribution in [2.24, 2.45) is 20.0 Å². The largest absolute Gasteiger partial charge is 0.307 e. The van der Waals surface area contributed by atoms with Gasteiger partial charge in [-0.1, -0.05) is 97.1 Å². The van der Waals surface area contributed by atoms with E-state index in [1.54, 1.807) is 0 Å². The molecule has 9 rings (SSSR count). The van der Waals surface area contributed by atoms with Crippen LogP contribution in [0.2, 0.25) is 0 Å². The summed E-state index contributed by atoms with van der Waals surface area (Å²) in [7, 11) is 0. The molecule has 0 saturated carbocycles. The third-order valence-corrected chi connectivity index (χ3v) is 8.79. The van der Waals surface area contributed by atoms with Gasteiger partial charge in [0.25, 0.3) is 0 Å². The Morgan fingerprint density at radius 3 is 1.47 bits per heavy atom. The van der Waals surface area contributed by atoms with Crippen LogP contribution in [0, 0.1) is 0 Å². The molecule has 5 aliphatic heterocycles. The number of aliphatic imine (C=N–C) groups is 4. The minimum absolute atomic E-state index is 0.807. The molecule has 0 saturated heterocycles. The van der Waals surface area contributed by atoms with E-state index in [-0.39, 0.29) is 0 Å². The van der Waals surface area contributed by atoms with Gasteiger partial charge in [0, 0.05) is 22.5 Å². The summed E-state index contributed by atoms with van der Waals surface area (Å²) in [5, 5.41) is 0. The lowest BCUT2D eigenvalue weighted by Crippen LogP contribution is -2.23. The Bertz CT molecular complexity index is 2300. The normalized spacial score (nSPS) is 17.4. The first-order chi connectivity index (χ1) is 24.3. The maximum absolute atomic E-state index is 5.38. The molecule has 0 atom stereocenters. The molecular weight excluding hydrogens is 599 g/mol. The maximum atomic E-state index is 5.38. The monoisotopic (exact) mass is 627 g/mol. The minimum atomic E-state index is 0.807. The van der Waals surface area contributed by atoms with Crippen molar-refractivity contribution < 1.29 is 0 Å². The Hall–Kier alpha value is -6.72. The molecule has 0 aromatic heterocycles. The Balaban J connectivity index is 1.36. The number of rotatable bonds is 5. The fraction of sp³-hybridized carbons (Fsp3) is 0. The van der Waals surface area contributed by atoms with Gasteiger partial charge in [-0.15, -0.1) is 0 Å². The summed E-state index contributed by atoms with van der Waals surface area (Å²) in [4.78, 5) is 23.2. The summed E-state index contributed by atoms with van der Waals surface area (Å²) in [5.41, 5.74) is 13.6. The van der Waals surface area contributed by atoms with Crippen molar-refractivity contribution in [3.8, 4) is 0 Å². The molecule has 230 valence electrons. The summed E-state index contributed by atoms with van der Waals surface area (Å²) in [6.45, 7) is 0. The van der Waals surface area contributed by atoms with Crippen LogP contribution in [-0.4, -0.2) is 22.8 Å². The second-order valence-corrected chi connectivity index (χ2v) is 11.9. The predicted molar refractivity (Wildman–Crippen MR) is 203 cm³/mol. The van der Waals surface area contributed by atoms with Crippen molar-refractivity contribution in [3.63, 3.8) is 0 Å². The van der Waals surface area contributed by atoms with Crippen molar-refractivity contribution in [3.05, 3.63) is 216 Å². The first kappa shape index (κ1) is 28.5. The second-order valence-electron chi connectivity index (χ2n) is 11.9. The van der Waals surface area contributed by atoms with E-state index in [9.17, 15) is 0 Å². The van der Waals surface area contributed by atoms with Gasteiger partial charge in [-0.2, -0.15) is 0 Å². The van der Waals surface area contributed by atoms with Gasteiger partial charge in [-0.25, -0.2) is 20.0 Å². The number of benzene rings is 4. The molecule has 0 N–H and O–H groups in total. The third kappa shape index (κ3) is 5.33. The van der Waals surface area contributed by atoms with Crippen molar-refractivity contribution in [1.29, 1.82) is 0 Å². The van der Waals surface area contributed by atoms with Gasteiger partial charge in [0.15, 0.2) is 0 Å². The molecule has 4 aromatic rings. The molecule has 4 aromatic carbocycles. The van der Waals surface area contributed by atoms with Gasteiger partial charge in [0.2, 0.25) is 0 Å². The number of nitrogens with zero attached hydrogens (tertiary/aromatic N) is 5. The number of para-hydroxylation sites is 2. The van der Waals surface area contributed by atoms with Crippen molar-refractivity contribution >= 4 is 45.4 Å². The maximum Gasteiger partial charge on any atom is 0.0979 e. The average molecular weight is 628 g/mol. The molecule has 0 amide bonds. The molecule has 0 spiro atoms. The first-order valence-electron chi connectivity index (χ1n) is 16.3. The number of hydrogen-bond acceptors (Lipinski definition) is 5. The SMILES string of the molecule is C1=CC2=NC1=CC1=NC(=C(c3ccccc3)C3=NC(=C(N(c4ccccc4)c4ccccc4)C4=NC(=C2c2ccccc2)C=C4)C=C3)C=C1. The number of hydrogen-bond donors (Lipinski definition) is 0. The van der Waals surface area contributed by atoms with Gasteiger partial charge in [0.1, 0.15) is 0 Å². The standard InChI is InChI=1S/C44H29N5/c1-5-13-30(14-6-1)42-36-23-21-32(45-36)29-33-22-24-37(46-33)43(31-15-7-2-8-16-31)39-26-28-41(48-39)44(40-27-25-38(42)47-40)49(34-17-9-3-10-18-34)35-19-11-4-12-20-35/h1-29H. The molecular formula is C44H29N5. The molecule has 5 heteroatoms. The van der Waals surface area contributed by atoms with E-state index in [0.29, 0.717) is 0 Å². The Morgan fingerprint density at radius 2 is 0.837 bits per heavy atom. The van der Waals surface area contributed by atoms with Gasteiger partial charge in [0.05, 0.1) is 51.3 Å². The van der Waals surface area contributed by atoms with E-state index >= 15 is 0 Å². The molecule has 5 aliphatic rings. The van der Waals surface area contributed by atoms with Crippen molar-refractivity contribution in [2.75, 3.05) is 4.90 Å². The predicted octanol–water partition coefficient (Wildman–Crippen LogP) is 9.80. The Morgan fingerprint density at radius 1 is 0.367 bits per heavy atom. The number of fused-ring (bicyclic) bond motifs is 4. The van der Waals surface area contributed by atoms with Crippen LogP contribution in [0.4, 0.5) is 11.4 Å². The van der Waals surface area contributed by atoms with E-state index in [1.807, 2.05) is 42.5 Å². The van der Waals surface area contributed by atoms with Crippen LogP contribution in [-0.2, 0) is 0 Å². The van der Waals surface area contributed by atoms with E-state index < -0.39 is 0 Å². The fourth-order valence-electron chi connectivity index (χ4n) is 6.60. The number of allylic oxidation sites excluding steroid dienone is 11. The summed E-state index contributed by atoms with van der Waals surface area (Å²) in [6, 6.07) is 41.5. The van der Waals surface area contributed by atoms with Crippen molar-refractivity contribution in [2.45, 2.75) is 0 Å². The molecule has 0 aliphatic carbocycles. The fourth-order valence-corrected chi connectivity index (χ4v) is 6.60. The summed E-state index contributed by atoms with van der Waals surface area (Å²) in [6.07, 6.45) is 18.7. The summed E-state index contributed by atoms with van der Waals surface area (Å²) in [5.74, 6) is 0. The topological polar surface area (TPSA) is 52.7 Å². The third-order valence-electron chi connectivity index (χ3n) is 8.79. The van der Waals surface area contributed by atoms with Crippen molar-refractivity contribution in [1.82, 2.24) is 0 Å². The molecule has 5 heterocycles. The molecule has 0 unspecified atom stereocenters. The lowest BCUT2D eigenvalue weighted by atomic mass is 9.99. The Kier molecular flexibility index (Phi) is 7.06. The van der Waals surface area contributed by atoms with Gasteiger partial charge in [-0.3, -0.25) is 0 Å². The molecule has 0 fully saturated rings. The first-order valence-corrected chi connectivity index (χ1v) is 16.3. The highest BCUT2D eigenvalue weighted by atomic mass is 15.2. The highest BCUT2D eigenvalue weighted by Crippen LogP contribution is 2.38. The van der Waals surface area contributed by atoms with Gasteiger partial charge in [-0.05, 0) is 90.1 Å².